The summed E-state index contributed by atoms with van der Waals surface area (Å²) in [7, 11) is 0. The van der Waals surface area contributed by atoms with Crippen molar-refractivity contribution in [3.05, 3.63) is 95.1 Å². The first-order valence-electron chi connectivity index (χ1n) is 9.62. The minimum Gasteiger partial charge on any atom is -0.361 e. The third-order valence-electron chi connectivity index (χ3n) is 4.79. The molecule has 0 unspecified atom stereocenters. The maximum absolute atomic E-state index is 12.8. The van der Waals surface area contributed by atoms with Crippen LogP contribution >= 0.6 is 11.8 Å². The molecule has 152 valence electrons. The summed E-state index contributed by atoms with van der Waals surface area (Å²) in [6.07, 6.45) is 3.69. The maximum atomic E-state index is 12.8. The van der Waals surface area contributed by atoms with Gasteiger partial charge in [0.1, 0.15) is 5.76 Å². The summed E-state index contributed by atoms with van der Waals surface area (Å²) in [6, 6.07) is 17.5. The van der Waals surface area contributed by atoms with Gasteiger partial charge in [0.05, 0.1) is 23.1 Å². The Balaban J connectivity index is 1.41. The van der Waals surface area contributed by atoms with Crippen molar-refractivity contribution in [2.45, 2.75) is 31.0 Å². The molecular weight excluding hydrogens is 396 g/mol. The summed E-state index contributed by atoms with van der Waals surface area (Å²) in [5.41, 5.74) is 4.54. The van der Waals surface area contributed by atoms with Crippen molar-refractivity contribution in [3.63, 3.8) is 0 Å². The quantitative estimate of drug-likeness (QED) is 0.441. The molecule has 0 aliphatic rings. The minimum atomic E-state index is -0.107. The number of carbonyl (C=O) groups excluding carboxylic acids is 1. The number of thioether (sulfide) groups is 1. The Morgan fingerprint density at radius 1 is 1.10 bits per heavy atom. The van der Waals surface area contributed by atoms with Gasteiger partial charge in [-0.2, -0.15) is 5.10 Å². The van der Waals surface area contributed by atoms with E-state index in [2.05, 4.69) is 15.6 Å². The van der Waals surface area contributed by atoms with Gasteiger partial charge in [-0.15, -0.1) is 11.8 Å². The van der Waals surface area contributed by atoms with E-state index in [0.717, 1.165) is 33.2 Å². The number of carbonyl (C=O) groups is 1. The highest BCUT2D eigenvalue weighted by atomic mass is 32.2. The van der Waals surface area contributed by atoms with Crippen LogP contribution < -0.4 is 5.32 Å². The molecule has 0 fully saturated rings. The smallest absolute Gasteiger partial charge is 0.252 e. The number of rotatable bonds is 7. The Labute approximate surface area is 179 Å². The molecule has 6 nitrogen and oxygen atoms in total. The van der Waals surface area contributed by atoms with Gasteiger partial charge in [-0.3, -0.25) is 4.79 Å². The van der Waals surface area contributed by atoms with E-state index in [1.54, 1.807) is 22.6 Å². The number of hydrogen-bond acceptors (Lipinski definition) is 5. The zero-order chi connectivity index (χ0) is 20.9. The van der Waals surface area contributed by atoms with Crippen LogP contribution in [-0.4, -0.2) is 20.8 Å². The molecule has 30 heavy (non-hydrogen) atoms. The number of aromatic nitrogens is 3. The molecular formula is C23H22N4O2S. The van der Waals surface area contributed by atoms with Crippen LogP contribution in [0.4, 0.5) is 0 Å². The lowest BCUT2D eigenvalue weighted by molar-refractivity contribution is 0.0948. The lowest BCUT2D eigenvalue weighted by Crippen LogP contribution is -2.23. The van der Waals surface area contributed by atoms with Crippen molar-refractivity contribution in [2.24, 2.45) is 0 Å². The molecule has 0 spiro atoms. The van der Waals surface area contributed by atoms with E-state index in [0.29, 0.717) is 17.9 Å². The molecule has 4 aromatic rings. The molecule has 7 heteroatoms. The number of nitrogens with zero attached hydrogens (tertiary/aromatic N) is 3. The van der Waals surface area contributed by atoms with E-state index < -0.39 is 0 Å². The normalized spacial score (nSPS) is 10.9. The number of para-hydroxylation sites is 1. The lowest BCUT2D eigenvalue weighted by Gasteiger charge is -2.09. The fraction of sp³-hybridized carbons (Fsp3) is 0.174. The molecule has 4 rings (SSSR count). The molecule has 2 aromatic heterocycles. The first-order valence-corrected chi connectivity index (χ1v) is 10.6. The highest BCUT2D eigenvalue weighted by molar-refractivity contribution is 7.98. The van der Waals surface area contributed by atoms with Gasteiger partial charge in [0.25, 0.3) is 5.91 Å². The molecule has 0 atom stereocenters. The summed E-state index contributed by atoms with van der Waals surface area (Å²) >= 11 is 1.61. The second-order valence-corrected chi connectivity index (χ2v) is 7.92. The van der Waals surface area contributed by atoms with Crippen molar-refractivity contribution in [1.29, 1.82) is 0 Å². The Bertz CT molecular complexity index is 1130. The van der Waals surface area contributed by atoms with Crippen LogP contribution in [0.1, 0.15) is 32.9 Å². The van der Waals surface area contributed by atoms with Crippen molar-refractivity contribution >= 4 is 17.7 Å². The van der Waals surface area contributed by atoms with Crippen molar-refractivity contribution < 1.29 is 9.32 Å². The number of benzene rings is 2. The second-order valence-electron chi connectivity index (χ2n) is 6.90. The summed E-state index contributed by atoms with van der Waals surface area (Å²) in [5, 5.41) is 11.4. The molecule has 0 aliphatic heterocycles. The zero-order valence-electron chi connectivity index (χ0n) is 16.8. The van der Waals surface area contributed by atoms with Crippen LogP contribution in [0.5, 0.6) is 0 Å². The molecule has 2 heterocycles. The molecule has 1 amide bonds. The third-order valence-corrected chi connectivity index (χ3v) is 5.89. The molecule has 2 aromatic carbocycles. The number of amides is 1. The fourth-order valence-electron chi connectivity index (χ4n) is 3.09. The average molecular weight is 419 g/mol. The number of nitrogens with one attached hydrogen (secondary N) is 1. The van der Waals surface area contributed by atoms with Gasteiger partial charge >= 0.3 is 0 Å². The molecule has 1 N–H and O–H groups in total. The summed E-state index contributed by atoms with van der Waals surface area (Å²) < 4.78 is 7.03. The first kappa shape index (κ1) is 20.0. The SMILES string of the molecule is Cc1noc(C)c1CSc1ccccc1C(=O)NCc1cnn(-c2ccccc2)c1. The van der Waals surface area contributed by atoms with Gasteiger partial charge in [-0.25, -0.2) is 4.68 Å². The Kier molecular flexibility index (Phi) is 5.99. The van der Waals surface area contributed by atoms with Crippen molar-refractivity contribution in [2.75, 3.05) is 0 Å². The zero-order valence-corrected chi connectivity index (χ0v) is 17.6. The number of hydrogen-bond donors (Lipinski definition) is 1. The van der Waals surface area contributed by atoms with Gasteiger partial charge in [-0.05, 0) is 38.1 Å². The van der Waals surface area contributed by atoms with E-state index in [9.17, 15) is 4.79 Å². The van der Waals surface area contributed by atoms with Crippen LogP contribution in [0, 0.1) is 13.8 Å². The van der Waals surface area contributed by atoms with Gasteiger partial charge < -0.3 is 9.84 Å². The fourth-order valence-corrected chi connectivity index (χ4v) is 4.29. The summed E-state index contributed by atoms with van der Waals surface area (Å²) in [5.74, 6) is 1.41. The van der Waals surface area contributed by atoms with Crippen LogP contribution in [0.25, 0.3) is 5.69 Å². The van der Waals surface area contributed by atoms with Gasteiger partial charge in [0.2, 0.25) is 0 Å². The molecule has 0 radical (unpaired) electrons. The highest BCUT2D eigenvalue weighted by Crippen LogP contribution is 2.28. The van der Waals surface area contributed by atoms with Gasteiger partial charge in [-0.1, -0.05) is 35.5 Å². The topological polar surface area (TPSA) is 73.0 Å². The monoisotopic (exact) mass is 418 g/mol. The Hall–Kier alpha value is -3.32. The van der Waals surface area contributed by atoms with E-state index in [-0.39, 0.29) is 5.91 Å². The van der Waals surface area contributed by atoms with Crippen molar-refractivity contribution in [3.8, 4) is 5.69 Å². The predicted octanol–water partition coefficient (Wildman–Crippen LogP) is 4.70. The highest BCUT2D eigenvalue weighted by Gasteiger charge is 2.14. The largest absolute Gasteiger partial charge is 0.361 e. The van der Waals surface area contributed by atoms with Crippen LogP contribution in [0.3, 0.4) is 0 Å². The average Bonchev–Trinajstić information content (AvgIpc) is 3.38. The van der Waals surface area contributed by atoms with Crippen molar-refractivity contribution in [1.82, 2.24) is 20.3 Å². The molecule has 0 aliphatic carbocycles. The molecule has 0 saturated carbocycles. The second kappa shape index (κ2) is 9.00. The predicted molar refractivity (Wildman–Crippen MR) is 117 cm³/mol. The van der Waals surface area contributed by atoms with Gasteiger partial charge in [0.15, 0.2) is 0 Å². The van der Waals surface area contributed by atoms with Crippen LogP contribution in [-0.2, 0) is 12.3 Å². The van der Waals surface area contributed by atoms with Crippen LogP contribution in [0.2, 0.25) is 0 Å². The standard InChI is InChI=1S/C23H22N4O2S/c1-16-21(17(2)29-26-16)15-30-22-11-7-6-10-20(22)23(28)24-12-18-13-25-27(14-18)19-8-4-3-5-9-19/h3-11,13-14H,12,15H2,1-2H3,(H,24,28). The van der Waals surface area contributed by atoms with Gasteiger partial charge in [0, 0.05) is 34.5 Å². The van der Waals surface area contributed by atoms with E-state index in [4.69, 9.17) is 4.52 Å². The maximum Gasteiger partial charge on any atom is 0.252 e. The first-order chi connectivity index (χ1) is 14.6. The number of aryl methyl sites for hydroxylation is 2. The summed E-state index contributed by atoms with van der Waals surface area (Å²) in [4.78, 5) is 13.8. The van der Waals surface area contributed by atoms with E-state index in [1.165, 1.54) is 0 Å². The summed E-state index contributed by atoms with van der Waals surface area (Å²) in [6.45, 7) is 4.25. The van der Waals surface area contributed by atoms with E-state index >= 15 is 0 Å². The minimum absolute atomic E-state index is 0.107. The van der Waals surface area contributed by atoms with Crippen LogP contribution in [0.15, 0.2) is 76.4 Å². The molecule has 0 saturated heterocycles. The Morgan fingerprint density at radius 3 is 2.63 bits per heavy atom. The third kappa shape index (κ3) is 4.46. The lowest BCUT2D eigenvalue weighted by atomic mass is 10.2. The Morgan fingerprint density at radius 2 is 1.87 bits per heavy atom. The molecule has 0 bridgehead atoms. The van der Waals surface area contributed by atoms with E-state index in [1.807, 2.05) is 74.6 Å².